The Kier molecular flexibility index (Phi) is 1.86. The van der Waals surface area contributed by atoms with E-state index in [0.717, 1.165) is 0 Å². The van der Waals surface area contributed by atoms with E-state index in [9.17, 15) is 0 Å². The first-order valence-electron chi connectivity index (χ1n) is 2.21. The summed E-state index contributed by atoms with van der Waals surface area (Å²) in [6, 6.07) is 0. The highest BCUT2D eigenvalue weighted by Gasteiger charge is 2.24. The number of hydrogen-bond acceptors (Lipinski definition) is 3. The molecule has 0 aromatic carbocycles. The largest absolute Gasteiger partial charge is 0.151 e. The van der Waals surface area contributed by atoms with Gasteiger partial charge in [-0.05, 0) is 6.92 Å². The molecule has 7 heavy (non-hydrogen) atoms. The van der Waals surface area contributed by atoms with Gasteiger partial charge in [0.25, 0.3) is 0 Å². The summed E-state index contributed by atoms with van der Waals surface area (Å²) in [7, 11) is 0. The zero-order chi connectivity index (χ0) is 5.33. The molecule has 0 aromatic rings. The Morgan fingerprint density at radius 3 is 2.00 bits per heavy atom. The fraction of sp³-hybridized carbons (Fsp3) is 1.00. The van der Waals surface area contributed by atoms with Gasteiger partial charge in [-0.25, -0.2) is 0 Å². The molecule has 1 saturated heterocycles. The summed E-state index contributed by atoms with van der Waals surface area (Å²) in [5.41, 5.74) is 0. The Morgan fingerprint density at radius 1 is 1.43 bits per heavy atom. The smallest absolute Gasteiger partial charge is 0.101 e. The lowest BCUT2D eigenvalue weighted by molar-refractivity contribution is 1.36. The van der Waals surface area contributed by atoms with Crippen LogP contribution in [0.2, 0.25) is 0 Å². The van der Waals surface area contributed by atoms with Crippen LogP contribution in [0.3, 0.4) is 0 Å². The number of hydrogen-bond donors (Lipinski definition) is 1. The Bertz CT molecular complexity index is 61.3. The molecule has 0 N–H and O–H groups in total. The van der Waals surface area contributed by atoms with Crippen LogP contribution in [-0.2, 0) is 0 Å². The highest BCUT2D eigenvalue weighted by Crippen LogP contribution is 2.45. The van der Waals surface area contributed by atoms with Crippen molar-refractivity contribution in [2.24, 2.45) is 0 Å². The van der Waals surface area contributed by atoms with Crippen LogP contribution < -0.4 is 0 Å². The van der Waals surface area contributed by atoms with Crippen LogP contribution in [0, 0.1) is 0 Å². The van der Waals surface area contributed by atoms with E-state index in [0.29, 0.717) is 0 Å². The Labute approximate surface area is 58.2 Å². The predicted octanol–water partition coefficient (Wildman–Crippen LogP) is 2.07. The summed E-state index contributed by atoms with van der Waals surface area (Å²) in [5.74, 6) is 2.54. The molecule has 0 nitrogen and oxygen atoms in total. The second-order valence-corrected chi connectivity index (χ2v) is 6.38. The normalized spacial score (nSPS) is 28.3. The van der Waals surface area contributed by atoms with E-state index in [1.54, 1.807) is 0 Å². The topological polar surface area (TPSA) is 0 Å². The summed E-state index contributed by atoms with van der Waals surface area (Å²) in [6.07, 6.45) is 0. The first kappa shape index (κ1) is 6.17. The molecule has 1 fully saturated rings. The fourth-order valence-electron chi connectivity index (χ4n) is 0.504. The van der Waals surface area contributed by atoms with Gasteiger partial charge in [0, 0.05) is 11.5 Å². The maximum absolute atomic E-state index is 4.38. The summed E-state index contributed by atoms with van der Waals surface area (Å²) in [5, 5.41) is 0. The highest BCUT2D eigenvalue weighted by molar-refractivity contribution is 8.31. The van der Waals surface area contributed by atoms with Crippen molar-refractivity contribution in [3.05, 3.63) is 0 Å². The average molecular weight is 152 g/mol. The molecule has 0 aliphatic carbocycles. The van der Waals surface area contributed by atoms with E-state index < -0.39 is 0 Å². The quantitative estimate of drug-likeness (QED) is 0.528. The predicted molar refractivity (Wildman–Crippen MR) is 42.3 cm³/mol. The van der Waals surface area contributed by atoms with Crippen LogP contribution in [0.5, 0.6) is 0 Å². The molecule has 1 aliphatic rings. The molecule has 0 radical (unpaired) electrons. The van der Waals surface area contributed by atoms with Crippen molar-refractivity contribution >= 4 is 36.2 Å². The summed E-state index contributed by atoms with van der Waals surface area (Å²) in [4.78, 5) is 0. The van der Waals surface area contributed by atoms with Gasteiger partial charge in [0.05, 0.1) is 0 Å². The maximum Gasteiger partial charge on any atom is 0.101 e. The molecule has 0 saturated carbocycles. The van der Waals surface area contributed by atoms with Gasteiger partial charge in [-0.15, -0.1) is 23.5 Å². The summed E-state index contributed by atoms with van der Waals surface area (Å²) < 4.78 is 0.222. The molecule has 1 heterocycles. The number of thiol groups is 1. The molecule has 0 amide bonds. The van der Waals surface area contributed by atoms with Gasteiger partial charge in [0.1, 0.15) is 3.41 Å². The van der Waals surface area contributed by atoms with E-state index >= 15 is 0 Å². The van der Waals surface area contributed by atoms with Crippen molar-refractivity contribution < 1.29 is 0 Å². The fourth-order valence-corrected chi connectivity index (χ4v) is 3.31. The van der Waals surface area contributed by atoms with E-state index in [4.69, 9.17) is 0 Å². The van der Waals surface area contributed by atoms with Gasteiger partial charge in [-0.1, -0.05) is 0 Å². The summed E-state index contributed by atoms with van der Waals surface area (Å²) in [6.45, 7) is 2.15. The van der Waals surface area contributed by atoms with Crippen molar-refractivity contribution in [3.63, 3.8) is 0 Å². The van der Waals surface area contributed by atoms with Gasteiger partial charge < -0.3 is 0 Å². The zero-order valence-electron chi connectivity index (χ0n) is 4.18. The molecule has 3 heteroatoms. The molecular formula is C4H8S3. The summed E-state index contributed by atoms with van der Waals surface area (Å²) >= 11 is 8.23. The van der Waals surface area contributed by atoms with Gasteiger partial charge in [-0.2, -0.15) is 12.6 Å². The Morgan fingerprint density at radius 2 is 1.86 bits per heavy atom. The minimum atomic E-state index is 0.222. The van der Waals surface area contributed by atoms with Crippen molar-refractivity contribution in [2.75, 3.05) is 11.5 Å². The number of rotatable bonds is 0. The Balaban J connectivity index is 2.40. The SMILES string of the molecule is CC1(S)SCCS1. The molecule has 0 aromatic heterocycles. The van der Waals surface area contributed by atoms with E-state index in [1.807, 2.05) is 23.5 Å². The van der Waals surface area contributed by atoms with Crippen LogP contribution >= 0.6 is 36.2 Å². The lowest BCUT2D eigenvalue weighted by Crippen LogP contribution is -1.96. The second-order valence-electron chi connectivity index (χ2n) is 1.59. The zero-order valence-corrected chi connectivity index (χ0v) is 6.71. The van der Waals surface area contributed by atoms with E-state index in [-0.39, 0.29) is 3.41 Å². The number of thioether (sulfide) groups is 2. The minimum Gasteiger partial charge on any atom is -0.151 e. The molecule has 1 aliphatic heterocycles. The van der Waals surface area contributed by atoms with E-state index in [2.05, 4.69) is 19.6 Å². The van der Waals surface area contributed by atoms with Crippen LogP contribution in [0.15, 0.2) is 0 Å². The van der Waals surface area contributed by atoms with Crippen LogP contribution in [-0.4, -0.2) is 14.9 Å². The minimum absolute atomic E-state index is 0.222. The van der Waals surface area contributed by atoms with Gasteiger partial charge in [0.15, 0.2) is 0 Å². The highest BCUT2D eigenvalue weighted by atomic mass is 32.3. The van der Waals surface area contributed by atoms with E-state index in [1.165, 1.54) is 11.5 Å². The standard InChI is InChI=1S/C4H8S3/c1-4(5)6-2-3-7-4/h5H,2-3H2,1H3. The first-order valence-corrected chi connectivity index (χ1v) is 4.63. The third kappa shape index (κ3) is 1.78. The van der Waals surface area contributed by atoms with Gasteiger partial charge in [0.2, 0.25) is 0 Å². The first-order chi connectivity index (χ1) is 3.21. The Hall–Kier alpha value is 1.05. The lowest BCUT2D eigenvalue weighted by Gasteiger charge is -2.10. The van der Waals surface area contributed by atoms with Crippen LogP contribution in [0.4, 0.5) is 0 Å². The van der Waals surface area contributed by atoms with Crippen LogP contribution in [0.25, 0.3) is 0 Å². The van der Waals surface area contributed by atoms with Crippen LogP contribution in [0.1, 0.15) is 6.92 Å². The third-order valence-corrected chi connectivity index (χ3v) is 4.45. The molecule has 42 valence electrons. The van der Waals surface area contributed by atoms with Crippen molar-refractivity contribution in [3.8, 4) is 0 Å². The van der Waals surface area contributed by atoms with Gasteiger partial charge >= 0.3 is 0 Å². The molecule has 0 bridgehead atoms. The average Bonchev–Trinajstić information content (AvgIpc) is 1.84. The van der Waals surface area contributed by atoms with Gasteiger partial charge in [-0.3, -0.25) is 0 Å². The van der Waals surface area contributed by atoms with Crippen molar-refractivity contribution in [2.45, 2.75) is 10.3 Å². The maximum atomic E-state index is 4.38. The van der Waals surface area contributed by atoms with Crippen molar-refractivity contribution in [1.29, 1.82) is 0 Å². The third-order valence-electron chi connectivity index (χ3n) is 0.823. The monoisotopic (exact) mass is 152 g/mol. The molecular weight excluding hydrogens is 144 g/mol. The van der Waals surface area contributed by atoms with Crippen molar-refractivity contribution in [1.82, 2.24) is 0 Å². The molecule has 1 rings (SSSR count). The molecule has 0 atom stereocenters. The second kappa shape index (κ2) is 2.11. The lowest BCUT2D eigenvalue weighted by atomic mass is 10.9. The molecule has 0 unspecified atom stereocenters. The molecule has 0 spiro atoms.